The Morgan fingerprint density at radius 3 is 2.68 bits per heavy atom. The van der Waals surface area contributed by atoms with E-state index in [0.29, 0.717) is 5.69 Å². The first-order valence-corrected chi connectivity index (χ1v) is 7.72. The molecule has 0 aliphatic rings. The van der Waals surface area contributed by atoms with Crippen molar-refractivity contribution in [2.75, 3.05) is 10.5 Å². The van der Waals surface area contributed by atoms with Crippen LogP contribution >= 0.6 is 27.5 Å². The molecular weight excluding hydrogens is 356 g/mol. The summed E-state index contributed by atoms with van der Waals surface area (Å²) < 4.78 is 28.8. The van der Waals surface area contributed by atoms with Gasteiger partial charge in [-0.3, -0.25) is 9.40 Å². The number of anilines is 2. The molecule has 9 heteroatoms. The zero-order chi connectivity index (χ0) is 14.2. The molecule has 0 amide bonds. The SMILES string of the molecule is Cn1ncc(Cl)c1S(=O)(=O)Nc1ccc(Br)cc1N. The number of hydrogen-bond acceptors (Lipinski definition) is 4. The summed E-state index contributed by atoms with van der Waals surface area (Å²) in [5.74, 6) is 0. The van der Waals surface area contributed by atoms with Crippen LogP contribution in [0.25, 0.3) is 0 Å². The van der Waals surface area contributed by atoms with Crippen molar-refractivity contribution in [3.63, 3.8) is 0 Å². The molecule has 0 saturated heterocycles. The fourth-order valence-electron chi connectivity index (χ4n) is 1.52. The van der Waals surface area contributed by atoms with Crippen LogP contribution in [0.15, 0.2) is 33.9 Å². The van der Waals surface area contributed by atoms with Gasteiger partial charge in [-0.25, -0.2) is 0 Å². The fraction of sp³-hybridized carbons (Fsp3) is 0.100. The van der Waals surface area contributed by atoms with Crippen LogP contribution in [-0.2, 0) is 17.1 Å². The van der Waals surface area contributed by atoms with Crippen molar-refractivity contribution in [3.8, 4) is 0 Å². The van der Waals surface area contributed by atoms with E-state index in [1.54, 1.807) is 18.2 Å². The molecule has 0 unspecified atom stereocenters. The minimum atomic E-state index is -3.84. The molecule has 0 aliphatic heterocycles. The van der Waals surface area contributed by atoms with Gasteiger partial charge in [-0.05, 0) is 18.2 Å². The Labute approximate surface area is 123 Å². The average Bonchev–Trinajstić information content (AvgIpc) is 2.63. The highest BCUT2D eigenvalue weighted by Crippen LogP contribution is 2.27. The third kappa shape index (κ3) is 2.85. The number of aryl methyl sites for hydroxylation is 1. The minimum Gasteiger partial charge on any atom is -0.397 e. The molecule has 0 aliphatic carbocycles. The van der Waals surface area contributed by atoms with Gasteiger partial charge in [0.25, 0.3) is 10.0 Å². The molecule has 6 nitrogen and oxygen atoms in total. The monoisotopic (exact) mass is 364 g/mol. The van der Waals surface area contributed by atoms with E-state index in [1.165, 1.54) is 17.9 Å². The zero-order valence-corrected chi connectivity index (χ0v) is 12.9. The normalized spacial score (nSPS) is 11.5. The van der Waals surface area contributed by atoms with Crippen LogP contribution in [0.4, 0.5) is 11.4 Å². The van der Waals surface area contributed by atoms with Crippen molar-refractivity contribution in [2.45, 2.75) is 5.03 Å². The number of sulfonamides is 1. The van der Waals surface area contributed by atoms with Crippen LogP contribution in [0.2, 0.25) is 5.02 Å². The Bertz CT molecular complexity index is 710. The van der Waals surface area contributed by atoms with Crippen molar-refractivity contribution < 1.29 is 8.42 Å². The van der Waals surface area contributed by atoms with Gasteiger partial charge in [0.1, 0.15) is 0 Å². The summed E-state index contributed by atoms with van der Waals surface area (Å²) in [6.45, 7) is 0. The van der Waals surface area contributed by atoms with Crippen molar-refractivity contribution in [1.29, 1.82) is 0 Å². The lowest BCUT2D eigenvalue weighted by Gasteiger charge is -2.11. The lowest BCUT2D eigenvalue weighted by molar-refractivity contribution is 0.582. The number of nitrogens with one attached hydrogen (secondary N) is 1. The molecule has 0 spiro atoms. The average molecular weight is 366 g/mol. The van der Waals surface area contributed by atoms with E-state index in [-0.39, 0.29) is 15.7 Å². The van der Waals surface area contributed by atoms with Crippen LogP contribution in [0.3, 0.4) is 0 Å². The van der Waals surface area contributed by atoms with Crippen LogP contribution in [0.1, 0.15) is 0 Å². The third-order valence-electron chi connectivity index (χ3n) is 2.35. The second kappa shape index (κ2) is 5.03. The number of nitrogen functional groups attached to an aromatic ring is 1. The van der Waals surface area contributed by atoms with Crippen LogP contribution in [0, 0.1) is 0 Å². The third-order valence-corrected chi connectivity index (χ3v) is 4.72. The molecule has 2 aromatic rings. The summed E-state index contributed by atoms with van der Waals surface area (Å²) in [6.07, 6.45) is 1.26. The van der Waals surface area contributed by atoms with Crippen molar-refractivity contribution in [1.82, 2.24) is 9.78 Å². The Balaban J connectivity index is 2.42. The highest BCUT2D eigenvalue weighted by molar-refractivity contribution is 9.10. The predicted molar refractivity (Wildman–Crippen MR) is 77.6 cm³/mol. The number of aromatic nitrogens is 2. The molecule has 1 aromatic carbocycles. The molecule has 0 bridgehead atoms. The summed E-state index contributed by atoms with van der Waals surface area (Å²) in [7, 11) is -2.35. The van der Waals surface area contributed by atoms with Crippen LogP contribution in [0.5, 0.6) is 0 Å². The summed E-state index contributed by atoms with van der Waals surface area (Å²) in [5.41, 5.74) is 6.33. The first kappa shape index (κ1) is 14.2. The maximum atomic E-state index is 12.2. The van der Waals surface area contributed by atoms with E-state index in [2.05, 4.69) is 25.8 Å². The second-order valence-electron chi connectivity index (χ2n) is 3.76. The lowest BCUT2D eigenvalue weighted by Crippen LogP contribution is -2.17. The minimum absolute atomic E-state index is 0.0469. The fourth-order valence-corrected chi connectivity index (χ4v) is 3.65. The van der Waals surface area contributed by atoms with Crippen molar-refractivity contribution >= 4 is 48.9 Å². The summed E-state index contributed by atoms with van der Waals surface area (Å²) in [5, 5.41) is 3.72. The van der Waals surface area contributed by atoms with Gasteiger partial charge in [0.2, 0.25) is 0 Å². The van der Waals surface area contributed by atoms with Gasteiger partial charge in [0, 0.05) is 11.5 Å². The molecule has 0 radical (unpaired) electrons. The topological polar surface area (TPSA) is 90.0 Å². The van der Waals surface area contributed by atoms with Crippen molar-refractivity contribution in [2.24, 2.45) is 7.05 Å². The maximum absolute atomic E-state index is 12.2. The van der Waals surface area contributed by atoms with Gasteiger partial charge in [-0.15, -0.1) is 0 Å². The van der Waals surface area contributed by atoms with Crippen molar-refractivity contribution in [3.05, 3.63) is 33.9 Å². The Kier molecular flexibility index (Phi) is 3.75. The number of halogens is 2. The van der Waals surface area contributed by atoms with E-state index in [9.17, 15) is 8.42 Å². The maximum Gasteiger partial charge on any atom is 0.280 e. The van der Waals surface area contributed by atoms with E-state index in [4.69, 9.17) is 17.3 Å². The van der Waals surface area contributed by atoms with Gasteiger partial charge in [-0.1, -0.05) is 27.5 Å². The number of benzene rings is 1. The van der Waals surface area contributed by atoms with E-state index in [1.807, 2.05) is 0 Å². The molecule has 0 saturated carbocycles. The molecular formula is C10H10BrClN4O2S. The summed E-state index contributed by atoms with van der Waals surface area (Å²) in [6, 6.07) is 4.84. The quantitative estimate of drug-likeness (QED) is 0.816. The Morgan fingerprint density at radius 1 is 1.47 bits per heavy atom. The molecule has 0 atom stereocenters. The van der Waals surface area contributed by atoms with E-state index >= 15 is 0 Å². The Morgan fingerprint density at radius 2 is 2.16 bits per heavy atom. The standard InChI is InChI=1S/C10H10BrClN4O2S/c1-16-10(7(12)5-14-16)19(17,18)15-9-3-2-6(11)4-8(9)13/h2-5,15H,13H2,1H3. The molecule has 1 heterocycles. The number of nitrogens with zero attached hydrogens (tertiary/aromatic N) is 2. The highest BCUT2D eigenvalue weighted by atomic mass is 79.9. The van der Waals surface area contributed by atoms with Gasteiger partial charge in [0.15, 0.2) is 5.03 Å². The highest BCUT2D eigenvalue weighted by Gasteiger charge is 2.23. The predicted octanol–water partition coefficient (Wildman–Crippen LogP) is 2.22. The summed E-state index contributed by atoms with van der Waals surface area (Å²) in [4.78, 5) is 0. The molecule has 2 rings (SSSR count). The van der Waals surface area contributed by atoms with E-state index < -0.39 is 10.0 Å². The first-order valence-electron chi connectivity index (χ1n) is 5.06. The van der Waals surface area contributed by atoms with Gasteiger partial charge in [0.05, 0.1) is 22.6 Å². The molecule has 1 aromatic heterocycles. The molecule has 19 heavy (non-hydrogen) atoms. The molecule has 102 valence electrons. The Hall–Kier alpha value is -1.25. The second-order valence-corrected chi connectivity index (χ2v) is 6.68. The lowest BCUT2D eigenvalue weighted by atomic mass is 10.3. The van der Waals surface area contributed by atoms with Gasteiger partial charge >= 0.3 is 0 Å². The summed E-state index contributed by atoms with van der Waals surface area (Å²) >= 11 is 9.06. The first-order chi connectivity index (χ1) is 8.81. The van der Waals surface area contributed by atoms with Gasteiger partial charge < -0.3 is 5.73 Å². The van der Waals surface area contributed by atoms with E-state index in [0.717, 1.165) is 4.47 Å². The van der Waals surface area contributed by atoms with Crippen LogP contribution in [-0.4, -0.2) is 18.2 Å². The molecule has 3 N–H and O–H groups in total. The van der Waals surface area contributed by atoms with Crippen LogP contribution < -0.4 is 10.5 Å². The molecule has 0 fully saturated rings. The smallest absolute Gasteiger partial charge is 0.280 e. The largest absolute Gasteiger partial charge is 0.397 e. The number of rotatable bonds is 3. The number of nitrogens with two attached hydrogens (primary N) is 1. The zero-order valence-electron chi connectivity index (χ0n) is 9.76. The van der Waals surface area contributed by atoms with Gasteiger partial charge in [-0.2, -0.15) is 13.5 Å². The number of hydrogen-bond donors (Lipinski definition) is 2.